The molecule has 0 spiro atoms. The highest BCUT2D eigenvalue weighted by molar-refractivity contribution is 7.11. The van der Waals surface area contributed by atoms with E-state index in [0.29, 0.717) is 24.4 Å². The first-order valence-electron chi connectivity index (χ1n) is 6.58. The van der Waals surface area contributed by atoms with Crippen LogP contribution in [0.2, 0.25) is 0 Å². The van der Waals surface area contributed by atoms with Gasteiger partial charge >= 0.3 is 0 Å². The molecule has 0 amide bonds. The average molecular weight is 317 g/mol. The van der Waals surface area contributed by atoms with Crippen LogP contribution in [0.25, 0.3) is 11.0 Å². The van der Waals surface area contributed by atoms with Gasteiger partial charge in [0.15, 0.2) is 0 Å². The molecule has 0 saturated carbocycles. The van der Waals surface area contributed by atoms with Gasteiger partial charge in [-0.1, -0.05) is 6.07 Å². The molecule has 106 valence electrons. The minimum absolute atomic E-state index is 0.502. The van der Waals surface area contributed by atoms with Crippen molar-refractivity contribution in [1.82, 2.24) is 14.5 Å². The Morgan fingerprint density at radius 3 is 2.95 bits per heavy atom. The largest absolute Gasteiger partial charge is 0.321 e. The van der Waals surface area contributed by atoms with Gasteiger partial charge in [-0.3, -0.25) is 0 Å². The Balaban J connectivity index is 2.14. The number of aromatic nitrogens is 3. The van der Waals surface area contributed by atoms with Crippen LogP contribution in [0.3, 0.4) is 0 Å². The third-order valence-electron chi connectivity index (χ3n) is 3.26. The van der Waals surface area contributed by atoms with E-state index >= 15 is 0 Å². The van der Waals surface area contributed by atoms with Crippen LogP contribution in [0.5, 0.6) is 0 Å². The van der Waals surface area contributed by atoms with Crippen molar-refractivity contribution in [3.63, 3.8) is 0 Å². The summed E-state index contributed by atoms with van der Waals surface area (Å²) in [6, 6.07) is 7.86. The molecule has 3 aromatic rings. The number of hydrogen-bond donors (Lipinski definition) is 0. The van der Waals surface area contributed by atoms with Crippen LogP contribution in [-0.2, 0) is 13.0 Å². The number of thiazole rings is 1. The molecule has 0 saturated heterocycles. The summed E-state index contributed by atoms with van der Waals surface area (Å²) in [5.74, 6) is 1.40. The number of nitrogens with zero attached hydrogens (tertiary/aromatic N) is 4. The number of hydrogen-bond acceptors (Lipinski definition) is 4. The summed E-state index contributed by atoms with van der Waals surface area (Å²) in [4.78, 5) is 10.2. The third kappa shape index (κ3) is 2.65. The molecule has 0 unspecified atom stereocenters. The fourth-order valence-corrected chi connectivity index (χ4v) is 3.29. The lowest BCUT2D eigenvalue weighted by molar-refractivity contribution is 0.750. The van der Waals surface area contributed by atoms with E-state index in [1.807, 2.05) is 25.3 Å². The van der Waals surface area contributed by atoms with Gasteiger partial charge in [0.1, 0.15) is 22.4 Å². The van der Waals surface area contributed by atoms with Gasteiger partial charge in [-0.05, 0) is 19.1 Å². The van der Waals surface area contributed by atoms with E-state index in [4.69, 9.17) is 11.6 Å². The number of para-hydroxylation sites is 1. The molecule has 0 aliphatic rings. The zero-order valence-corrected chi connectivity index (χ0v) is 13.1. The quantitative estimate of drug-likeness (QED) is 0.692. The van der Waals surface area contributed by atoms with Crippen molar-refractivity contribution in [3.8, 4) is 6.07 Å². The second kappa shape index (κ2) is 5.84. The second-order valence-corrected chi connectivity index (χ2v) is 6.40. The van der Waals surface area contributed by atoms with Crippen LogP contribution >= 0.6 is 22.9 Å². The van der Waals surface area contributed by atoms with Crippen LogP contribution in [0.1, 0.15) is 21.3 Å². The smallest absolute Gasteiger partial charge is 0.113 e. The summed E-state index contributed by atoms with van der Waals surface area (Å²) in [6.07, 6.45) is 2.55. The minimum atomic E-state index is 0.502. The maximum Gasteiger partial charge on any atom is 0.113 e. The summed E-state index contributed by atoms with van der Waals surface area (Å²) in [5, 5.41) is 10.3. The molecule has 2 aromatic heterocycles. The van der Waals surface area contributed by atoms with Crippen molar-refractivity contribution < 1.29 is 0 Å². The molecule has 6 heteroatoms. The molecule has 0 bridgehead atoms. The average Bonchev–Trinajstić information content (AvgIpc) is 3.04. The second-order valence-electron chi connectivity index (χ2n) is 4.70. The first-order chi connectivity index (χ1) is 10.2. The van der Waals surface area contributed by atoms with Gasteiger partial charge < -0.3 is 4.57 Å². The third-order valence-corrected chi connectivity index (χ3v) is 4.35. The highest BCUT2D eigenvalue weighted by atomic mass is 35.5. The number of rotatable bonds is 4. The summed E-state index contributed by atoms with van der Waals surface area (Å²) >= 11 is 7.56. The van der Waals surface area contributed by atoms with E-state index in [1.54, 1.807) is 17.4 Å². The molecule has 0 atom stereocenters. The van der Waals surface area contributed by atoms with E-state index in [-0.39, 0.29) is 0 Å². The number of imidazole rings is 1. The van der Waals surface area contributed by atoms with Crippen LogP contribution in [0, 0.1) is 18.3 Å². The topological polar surface area (TPSA) is 54.5 Å². The Morgan fingerprint density at radius 2 is 2.29 bits per heavy atom. The Bertz CT molecular complexity index is 828. The van der Waals surface area contributed by atoms with E-state index in [9.17, 15) is 5.26 Å². The van der Waals surface area contributed by atoms with Gasteiger partial charge in [0.25, 0.3) is 0 Å². The fraction of sp³-hybridized carbons (Fsp3) is 0.267. The van der Waals surface area contributed by atoms with Crippen LogP contribution in [0.4, 0.5) is 0 Å². The number of alkyl halides is 1. The van der Waals surface area contributed by atoms with Crippen molar-refractivity contribution in [1.29, 1.82) is 5.26 Å². The molecular formula is C15H13ClN4S. The van der Waals surface area contributed by atoms with Crippen LogP contribution < -0.4 is 0 Å². The van der Waals surface area contributed by atoms with Crippen molar-refractivity contribution >= 4 is 34.0 Å². The van der Waals surface area contributed by atoms with E-state index in [2.05, 4.69) is 20.6 Å². The van der Waals surface area contributed by atoms with Gasteiger partial charge in [0.05, 0.1) is 17.6 Å². The van der Waals surface area contributed by atoms with E-state index in [0.717, 1.165) is 21.9 Å². The first-order valence-corrected chi connectivity index (χ1v) is 7.93. The van der Waals surface area contributed by atoms with Crippen LogP contribution in [-0.4, -0.2) is 20.4 Å². The Hall–Kier alpha value is -1.90. The molecule has 0 aliphatic heterocycles. The van der Waals surface area contributed by atoms with Crippen LogP contribution in [0.15, 0.2) is 24.4 Å². The molecule has 2 heterocycles. The fourth-order valence-electron chi connectivity index (χ4n) is 2.35. The molecule has 21 heavy (non-hydrogen) atoms. The standard InChI is InChI=1S/C15H13ClN4S/c1-10-8-18-14(21-10)9-20-12-4-2-3-11(7-17)15(12)19-13(20)5-6-16/h2-4,8H,5-6,9H2,1H3. The van der Waals surface area contributed by atoms with E-state index < -0.39 is 0 Å². The number of benzene rings is 1. The molecule has 1 aromatic carbocycles. The SMILES string of the molecule is Cc1cnc(Cn2c(CCCl)nc3c(C#N)cccc32)s1. The molecule has 0 N–H and O–H groups in total. The van der Waals surface area contributed by atoms with Crippen molar-refractivity contribution in [2.24, 2.45) is 0 Å². The lowest BCUT2D eigenvalue weighted by Crippen LogP contribution is -2.05. The number of halogens is 1. The van der Waals surface area contributed by atoms with Gasteiger partial charge in [-0.25, -0.2) is 9.97 Å². The molecule has 0 aliphatic carbocycles. The zero-order chi connectivity index (χ0) is 14.8. The summed E-state index contributed by atoms with van der Waals surface area (Å²) < 4.78 is 2.11. The normalized spacial score (nSPS) is 10.9. The summed E-state index contributed by atoms with van der Waals surface area (Å²) in [7, 11) is 0. The lowest BCUT2D eigenvalue weighted by Gasteiger charge is -2.06. The van der Waals surface area contributed by atoms with Gasteiger partial charge in [-0.2, -0.15) is 5.26 Å². The van der Waals surface area contributed by atoms with Crippen molar-refractivity contribution in [2.45, 2.75) is 19.9 Å². The monoisotopic (exact) mass is 316 g/mol. The van der Waals surface area contributed by atoms with Gasteiger partial charge in [0, 0.05) is 23.4 Å². The molecule has 0 radical (unpaired) electrons. The number of aryl methyl sites for hydroxylation is 2. The number of nitriles is 1. The minimum Gasteiger partial charge on any atom is -0.321 e. The van der Waals surface area contributed by atoms with Crippen molar-refractivity contribution in [2.75, 3.05) is 5.88 Å². The van der Waals surface area contributed by atoms with Crippen molar-refractivity contribution in [3.05, 3.63) is 45.7 Å². The Kier molecular flexibility index (Phi) is 3.91. The van der Waals surface area contributed by atoms with E-state index in [1.165, 1.54) is 4.88 Å². The summed E-state index contributed by atoms with van der Waals surface area (Å²) in [5.41, 5.74) is 2.30. The number of fused-ring (bicyclic) bond motifs is 1. The highest BCUT2D eigenvalue weighted by Gasteiger charge is 2.14. The van der Waals surface area contributed by atoms with Gasteiger partial charge in [0.2, 0.25) is 0 Å². The maximum atomic E-state index is 9.22. The molecule has 4 nitrogen and oxygen atoms in total. The zero-order valence-electron chi connectivity index (χ0n) is 11.5. The Morgan fingerprint density at radius 1 is 1.43 bits per heavy atom. The molecular weight excluding hydrogens is 304 g/mol. The first kappa shape index (κ1) is 14.1. The predicted octanol–water partition coefficient (Wildman–Crippen LogP) is 3.50. The Labute approximate surface area is 131 Å². The predicted molar refractivity (Wildman–Crippen MR) is 84.8 cm³/mol. The molecule has 3 rings (SSSR count). The summed E-state index contributed by atoms with van der Waals surface area (Å²) in [6.45, 7) is 2.71. The van der Waals surface area contributed by atoms with Gasteiger partial charge in [-0.15, -0.1) is 22.9 Å². The molecule has 0 fully saturated rings. The maximum absolute atomic E-state index is 9.22. The highest BCUT2D eigenvalue weighted by Crippen LogP contribution is 2.23. The lowest BCUT2D eigenvalue weighted by atomic mass is 10.2.